The van der Waals surface area contributed by atoms with Crippen molar-refractivity contribution in [3.8, 4) is 0 Å². The van der Waals surface area contributed by atoms with E-state index in [0.29, 0.717) is 13.0 Å². The molecule has 3 aromatic carbocycles. The highest BCUT2D eigenvalue weighted by atomic mass is 79.9. The minimum Gasteiger partial charge on any atom is -1.00 e. The van der Waals surface area contributed by atoms with Gasteiger partial charge in [0.1, 0.15) is 23.2 Å². The Morgan fingerprint density at radius 1 is 0.793 bits per heavy atom. The van der Waals surface area contributed by atoms with Crippen LogP contribution in [0.25, 0.3) is 0 Å². The number of rotatable bonds is 4. The second kappa shape index (κ2) is 8.89. The van der Waals surface area contributed by atoms with Crippen LogP contribution in [-0.4, -0.2) is 29.0 Å². The first-order valence-corrected chi connectivity index (χ1v) is 11.2. The Morgan fingerprint density at radius 2 is 1.17 bits per heavy atom. The molecule has 3 aromatic rings. The Kier molecular flexibility index (Phi) is 6.51. The Morgan fingerprint density at radius 3 is 1.48 bits per heavy atom. The summed E-state index contributed by atoms with van der Waals surface area (Å²) in [5.41, 5.74) is 5.18. The van der Waals surface area contributed by atoms with Crippen molar-refractivity contribution in [1.29, 1.82) is 0 Å². The van der Waals surface area contributed by atoms with Crippen LogP contribution < -0.4 is 38.6 Å². The summed E-state index contributed by atoms with van der Waals surface area (Å²) in [5, 5.41) is 3.41. The average Bonchev–Trinajstić information content (AvgIpc) is 3.13. The molecule has 148 valence electrons. The molecule has 2 N–H and O–H groups in total. The van der Waals surface area contributed by atoms with Crippen LogP contribution in [0.2, 0.25) is 0 Å². The summed E-state index contributed by atoms with van der Waals surface area (Å²) >= 11 is 0. The molecule has 1 aliphatic heterocycles. The number of nitrogens with two attached hydrogens (primary N) is 1. The number of primary amides is 1. The molecule has 0 aromatic heterocycles. The van der Waals surface area contributed by atoms with E-state index in [0.717, 1.165) is 15.9 Å². The fourth-order valence-corrected chi connectivity index (χ4v) is 9.09. The van der Waals surface area contributed by atoms with Crippen LogP contribution in [0.3, 0.4) is 0 Å². The Bertz CT molecular complexity index is 887. The quantitative estimate of drug-likeness (QED) is 0.532. The van der Waals surface area contributed by atoms with E-state index in [1.54, 1.807) is 0 Å². The molecule has 3 amide bonds. The number of benzene rings is 3. The summed E-state index contributed by atoms with van der Waals surface area (Å²) in [6.45, 7) is 0.368. The third kappa shape index (κ3) is 3.61. The first kappa shape index (κ1) is 21.2. The van der Waals surface area contributed by atoms with Gasteiger partial charge in [-0.05, 0) is 36.4 Å². The molecule has 0 bridgehead atoms. The first-order chi connectivity index (χ1) is 13.7. The zero-order valence-electron chi connectivity index (χ0n) is 15.8. The highest BCUT2D eigenvalue weighted by molar-refractivity contribution is 7.96. The van der Waals surface area contributed by atoms with Gasteiger partial charge >= 0.3 is 6.03 Å². The first-order valence-electron chi connectivity index (χ1n) is 9.32. The van der Waals surface area contributed by atoms with Crippen molar-refractivity contribution in [1.82, 2.24) is 4.90 Å². The van der Waals surface area contributed by atoms with E-state index in [9.17, 15) is 9.59 Å². The summed E-state index contributed by atoms with van der Waals surface area (Å²) in [5.74, 6) is -0.169. The van der Waals surface area contributed by atoms with Crippen LogP contribution in [0.5, 0.6) is 0 Å². The molecule has 1 fully saturated rings. The summed E-state index contributed by atoms with van der Waals surface area (Å²) in [4.78, 5) is 26.4. The molecule has 0 spiro atoms. The molecule has 0 radical (unpaired) electrons. The monoisotopic (exact) mass is 468 g/mol. The van der Waals surface area contributed by atoms with Gasteiger partial charge in [-0.25, -0.2) is 4.79 Å². The third-order valence-corrected chi connectivity index (χ3v) is 10.2. The minimum absolute atomic E-state index is 0. The zero-order valence-corrected chi connectivity index (χ0v) is 18.3. The number of nitrogens with zero attached hydrogens (tertiary/aromatic N) is 1. The Labute approximate surface area is 181 Å². The lowest BCUT2D eigenvalue weighted by atomic mass is 10.3. The number of amides is 3. The van der Waals surface area contributed by atoms with Gasteiger partial charge in [-0.3, -0.25) is 9.69 Å². The topological polar surface area (TPSA) is 63.4 Å². The molecular weight excluding hydrogens is 447 g/mol. The van der Waals surface area contributed by atoms with Crippen LogP contribution in [0, 0.1) is 0 Å². The predicted molar refractivity (Wildman–Crippen MR) is 115 cm³/mol. The van der Waals surface area contributed by atoms with E-state index >= 15 is 0 Å². The van der Waals surface area contributed by atoms with E-state index in [-0.39, 0.29) is 28.5 Å². The van der Waals surface area contributed by atoms with Crippen molar-refractivity contribution >= 4 is 35.1 Å². The minimum atomic E-state index is -2.33. The standard InChI is InChI=1S/C23H21N2O2P.BrH/c24-23(27)25-17-16-21(22(25)26)28(18-10-4-1-5-11-18,19-12-6-2-7-13-19)20-14-8-3-9-15-20;/h1-15,21H,16-17H2,(H-,24,27);1H. The van der Waals surface area contributed by atoms with Crippen molar-refractivity contribution in [2.24, 2.45) is 5.73 Å². The maximum Gasteiger partial charge on any atom is 0.321 e. The molecule has 1 aliphatic rings. The van der Waals surface area contributed by atoms with Gasteiger partial charge in [0.05, 0.1) is 0 Å². The van der Waals surface area contributed by atoms with E-state index in [1.807, 2.05) is 54.6 Å². The highest BCUT2D eigenvalue weighted by Crippen LogP contribution is 2.62. The number of urea groups is 1. The van der Waals surface area contributed by atoms with Gasteiger partial charge in [0.25, 0.3) is 5.91 Å². The second-order valence-corrected chi connectivity index (χ2v) is 10.5. The molecule has 0 saturated carbocycles. The SMILES string of the molecule is NC(=O)N1CCC([P+](c2ccccc2)(c2ccccc2)c2ccccc2)C1=O.[Br-]. The molecule has 0 aliphatic carbocycles. The van der Waals surface area contributed by atoms with Crippen molar-refractivity contribution in [2.75, 3.05) is 6.54 Å². The number of hydrogen-bond acceptors (Lipinski definition) is 2. The Balaban J connectivity index is 0.00000240. The highest BCUT2D eigenvalue weighted by Gasteiger charge is 2.59. The maximum absolute atomic E-state index is 13.4. The lowest BCUT2D eigenvalue weighted by Gasteiger charge is -2.31. The van der Waals surface area contributed by atoms with E-state index < -0.39 is 13.3 Å². The third-order valence-electron chi connectivity index (χ3n) is 5.40. The Hall–Kier alpha value is -2.49. The summed E-state index contributed by atoms with van der Waals surface area (Å²) in [7, 11) is -2.33. The fourth-order valence-electron chi connectivity index (χ4n) is 4.22. The second-order valence-electron chi connectivity index (χ2n) is 6.86. The largest absolute Gasteiger partial charge is 1.00 e. The summed E-state index contributed by atoms with van der Waals surface area (Å²) in [6.07, 6.45) is 0.605. The van der Waals surface area contributed by atoms with Crippen molar-refractivity contribution in [3.63, 3.8) is 0 Å². The van der Waals surface area contributed by atoms with Crippen molar-refractivity contribution in [3.05, 3.63) is 91.0 Å². The van der Waals surface area contributed by atoms with Crippen LogP contribution >= 0.6 is 7.26 Å². The van der Waals surface area contributed by atoms with Crippen LogP contribution in [0.4, 0.5) is 4.79 Å². The molecule has 4 rings (SSSR count). The van der Waals surface area contributed by atoms with Gasteiger partial charge in [-0.1, -0.05) is 54.6 Å². The molecule has 4 nitrogen and oxygen atoms in total. The fraction of sp³-hybridized carbons (Fsp3) is 0.130. The number of hydrogen-bond donors (Lipinski definition) is 1. The summed E-state index contributed by atoms with van der Waals surface area (Å²) in [6, 6.07) is 30.0. The van der Waals surface area contributed by atoms with Crippen LogP contribution in [0.1, 0.15) is 6.42 Å². The number of carbonyl (C=O) groups excluding carboxylic acids is 2. The molecule has 1 saturated heterocycles. The molecule has 1 heterocycles. The van der Waals surface area contributed by atoms with Gasteiger partial charge in [0.2, 0.25) is 0 Å². The van der Waals surface area contributed by atoms with E-state index in [2.05, 4.69) is 36.4 Å². The smallest absolute Gasteiger partial charge is 0.321 e. The molecular formula is C23H22BrN2O2P. The van der Waals surface area contributed by atoms with Gasteiger partial charge < -0.3 is 22.7 Å². The van der Waals surface area contributed by atoms with Crippen molar-refractivity contribution < 1.29 is 26.6 Å². The number of halogens is 1. The van der Waals surface area contributed by atoms with E-state index in [4.69, 9.17) is 5.73 Å². The van der Waals surface area contributed by atoms with Crippen molar-refractivity contribution in [2.45, 2.75) is 12.1 Å². The molecule has 1 atom stereocenters. The average molecular weight is 469 g/mol. The van der Waals surface area contributed by atoms with Gasteiger partial charge in [-0.2, -0.15) is 0 Å². The maximum atomic E-state index is 13.4. The summed E-state index contributed by atoms with van der Waals surface area (Å²) < 4.78 is 0. The lowest BCUT2D eigenvalue weighted by molar-refractivity contribution is -0.124. The van der Waals surface area contributed by atoms with E-state index in [1.165, 1.54) is 4.90 Å². The number of imide groups is 1. The molecule has 29 heavy (non-hydrogen) atoms. The number of carbonyl (C=O) groups is 2. The number of likely N-dealkylation sites (tertiary alicyclic amines) is 1. The normalized spacial score (nSPS) is 16.3. The van der Waals surface area contributed by atoms with Gasteiger partial charge in [-0.15, -0.1) is 0 Å². The molecule has 6 heteroatoms. The predicted octanol–water partition coefficient (Wildman–Crippen LogP) is -0.336. The van der Waals surface area contributed by atoms with Crippen LogP contribution in [0.15, 0.2) is 91.0 Å². The zero-order chi connectivity index (χ0) is 19.6. The van der Waals surface area contributed by atoms with Crippen LogP contribution in [-0.2, 0) is 4.79 Å². The molecule has 1 unspecified atom stereocenters. The van der Waals surface area contributed by atoms with Gasteiger partial charge in [0.15, 0.2) is 5.66 Å². The lowest BCUT2D eigenvalue weighted by Crippen LogP contribution is -3.00. The van der Waals surface area contributed by atoms with Gasteiger partial charge in [0, 0.05) is 13.0 Å².